The molecule has 0 radical (unpaired) electrons. The number of rotatable bonds is 3. The highest BCUT2D eigenvalue weighted by atomic mass is 35.5. The molecule has 0 saturated heterocycles. The number of hydrogen-bond donors (Lipinski definition) is 2. The van der Waals surface area contributed by atoms with Gasteiger partial charge in [-0.2, -0.15) is 0 Å². The smallest absolute Gasteiger partial charge is 0.426 e. The summed E-state index contributed by atoms with van der Waals surface area (Å²) >= 11 is 5.79. The Bertz CT molecular complexity index is 495. The summed E-state index contributed by atoms with van der Waals surface area (Å²) in [6, 6.07) is 0. The number of amides is 1. The third-order valence-electron chi connectivity index (χ3n) is 2.13. The summed E-state index contributed by atoms with van der Waals surface area (Å²) < 4.78 is 5.29. The number of nitrogens with zero attached hydrogens (tertiary/aromatic N) is 2. The van der Waals surface area contributed by atoms with Gasteiger partial charge in [0.1, 0.15) is 10.8 Å². The van der Waals surface area contributed by atoms with E-state index in [0.717, 1.165) is 0 Å². The number of ether oxygens (including phenoxy) is 1. The molecule has 23 heavy (non-hydrogen) atoms. The number of aliphatic imine (C=N–C) groups is 1. The second-order valence-corrected chi connectivity index (χ2v) is 7.93. The minimum atomic E-state index is -0.607. The molecule has 0 atom stereocenters. The molecular weight excluding hydrogens is 316 g/mol. The molecule has 7 heteroatoms. The first-order valence-electron chi connectivity index (χ1n) is 7.34. The van der Waals surface area contributed by atoms with Crippen molar-refractivity contribution in [1.29, 1.82) is 0 Å². The molecule has 0 saturated carbocycles. The van der Waals surface area contributed by atoms with Crippen molar-refractivity contribution in [2.75, 3.05) is 6.54 Å². The summed E-state index contributed by atoms with van der Waals surface area (Å²) in [5.74, 6) is 0.380. The number of nitrogens with one attached hydrogen (secondary N) is 1. The number of hydrazine groups is 1. The maximum absolute atomic E-state index is 12.1. The van der Waals surface area contributed by atoms with Crippen molar-refractivity contribution in [1.82, 2.24) is 10.4 Å². The Morgan fingerprint density at radius 3 is 2.22 bits per heavy atom. The normalized spacial score (nSPS) is 13.6. The van der Waals surface area contributed by atoms with Crippen molar-refractivity contribution >= 4 is 23.5 Å². The monoisotopic (exact) mass is 344 g/mol. The van der Waals surface area contributed by atoms with Crippen molar-refractivity contribution in [3.05, 3.63) is 23.5 Å². The Hall–Kier alpha value is -1.69. The van der Waals surface area contributed by atoms with E-state index in [-0.39, 0.29) is 10.6 Å². The molecule has 0 fully saturated rings. The lowest BCUT2D eigenvalue weighted by molar-refractivity contribution is 0.0391. The van der Waals surface area contributed by atoms with Crippen LogP contribution >= 0.6 is 11.6 Å². The Kier molecular flexibility index (Phi) is 7.64. The predicted octanol–water partition coefficient (Wildman–Crippen LogP) is 3.75. The van der Waals surface area contributed by atoms with Gasteiger partial charge in [0.2, 0.25) is 0 Å². The molecule has 3 N–H and O–H groups in total. The predicted molar refractivity (Wildman–Crippen MR) is 95.9 cm³/mol. The highest BCUT2D eigenvalue weighted by Gasteiger charge is 2.23. The van der Waals surface area contributed by atoms with Crippen molar-refractivity contribution < 1.29 is 9.53 Å². The fourth-order valence-corrected chi connectivity index (χ4v) is 1.65. The van der Waals surface area contributed by atoms with Crippen LogP contribution in [0.2, 0.25) is 0 Å². The van der Waals surface area contributed by atoms with E-state index in [0.29, 0.717) is 18.1 Å². The van der Waals surface area contributed by atoms with Crippen molar-refractivity contribution in [2.24, 2.45) is 16.1 Å². The minimum absolute atomic E-state index is 0.0856. The molecule has 0 aliphatic carbocycles. The van der Waals surface area contributed by atoms with Crippen molar-refractivity contribution in [2.45, 2.75) is 54.1 Å². The lowest BCUT2D eigenvalue weighted by atomic mass is 9.96. The summed E-state index contributed by atoms with van der Waals surface area (Å²) in [6.45, 7) is 17.2. The van der Waals surface area contributed by atoms with Gasteiger partial charge in [0, 0.05) is 18.3 Å². The van der Waals surface area contributed by atoms with Gasteiger partial charge >= 0.3 is 6.09 Å². The summed E-state index contributed by atoms with van der Waals surface area (Å²) in [7, 11) is 0. The number of allylic oxidation sites excluding steroid dienone is 1. The zero-order valence-electron chi connectivity index (χ0n) is 15.2. The van der Waals surface area contributed by atoms with Crippen LogP contribution < -0.4 is 11.2 Å². The van der Waals surface area contributed by atoms with Gasteiger partial charge in [-0.3, -0.25) is 5.01 Å². The van der Waals surface area contributed by atoms with Gasteiger partial charge < -0.3 is 10.5 Å². The number of amidine groups is 1. The van der Waals surface area contributed by atoms with Crippen LogP contribution in [0.3, 0.4) is 0 Å². The summed E-state index contributed by atoms with van der Waals surface area (Å²) in [6.07, 6.45) is 1.02. The Morgan fingerprint density at radius 2 is 1.87 bits per heavy atom. The van der Waals surface area contributed by atoms with E-state index in [2.05, 4.69) is 17.0 Å². The van der Waals surface area contributed by atoms with Gasteiger partial charge in [-0.25, -0.2) is 15.2 Å². The third-order valence-corrected chi connectivity index (χ3v) is 2.21. The lowest BCUT2D eigenvalue weighted by Gasteiger charge is -2.32. The van der Waals surface area contributed by atoms with Crippen LogP contribution in [0.15, 0.2) is 28.5 Å². The van der Waals surface area contributed by atoms with Gasteiger partial charge in [-0.1, -0.05) is 39.0 Å². The zero-order chi connectivity index (χ0) is 18.4. The standard InChI is InChI=1S/C16H29ClN4O2/c1-11(18)9-13(19-12(2)17)21(10-15(3,4)5)20-14(22)23-16(6,7)8/h9H,2,10,18H2,1,3-8H3,(H,20,22)/b11-9-,19-13+. The molecule has 1 amide bonds. The summed E-state index contributed by atoms with van der Waals surface area (Å²) in [4.78, 5) is 16.2. The van der Waals surface area contributed by atoms with Gasteiger partial charge in [0.15, 0.2) is 5.84 Å². The Labute approximate surface area is 144 Å². The van der Waals surface area contributed by atoms with E-state index in [4.69, 9.17) is 22.1 Å². The Balaban J connectivity index is 5.53. The Morgan fingerprint density at radius 1 is 1.35 bits per heavy atom. The molecule has 132 valence electrons. The maximum atomic E-state index is 12.1. The van der Waals surface area contributed by atoms with Crippen LogP contribution in [0.5, 0.6) is 0 Å². The van der Waals surface area contributed by atoms with E-state index < -0.39 is 11.7 Å². The van der Waals surface area contributed by atoms with Crippen LogP contribution in [-0.2, 0) is 4.74 Å². The topological polar surface area (TPSA) is 80.0 Å². The highest BCUT2D eigenvalue weighted by molar-refractivity contribution is 6.29. The van der Waals surface area contributed by atoms with Crippen LogP contribution in [0.4, 0.5) is 4.79 Å². The molecule has 0 aromatic rings. The van der Waals surface area contributed by atoms with Crippen LogP contribution in [-0.4, -0.2) is 29.1 Å². The first-order chi connectivity index (χ1) is 10.2. The van der Waals surface area contributed by atoms with Crippen LogP contribution in [0, 0.1) is 5.41 Å². The maximum Gasteiger partial charge on any atom is 0.426 e. The molecule has 0 aromatic heterocycles. The van der Waals surface area contributed by atoms with E-state index >= 15 is 0 Å². The van der Waals surface area contributed by atoms with Crippen molar-refractivity contribution in [3.63, 3.8) is 0 Å². The summed E-state index contributed by atoms with van der Waals surface area (Å²) in [5.41, 5.74) is 8.21. The molecule has 0 unspecified atom stereocenters. The molecule has 0 aromatic carbocycles. The number of carbonyl (C=O) groups excluding carboxylic acids is 1. The number of nitrogens with two attached hydrogens (primary N) is 1. The molecule has 0 rings (SSSR count). The van der Waals surface area contributed by atoms with E-state index in [1.165, 1.54) is 0 Å². The first kappa shape index (κ1) is 21.3. The van der Waals surface area contributed by atoms with Gasteiger partial charge in [0.05, 0.1) is 0 Å². The largest absolute Gasteiger partial charge is 0.443 e. The quantitative estimate of drug-likeness (QED) is 0.353. The zero-order valence-corrected chi connectivity index (χ0v) is 15.9. The average molecular weight is 345 g/mol. The molecular formula is C16H29ClN4O2. The van der Waals surface area contributed by atoms with Gasteiger partial charge in [0.25, 0.3) is 0 Å². The average Bonchev–Trinajstić information content (AvgIpc) is 2.20. The molecule has 0 aliphatic heterocycles. The van der Waals surface area contributed by atoms with Gasteiger partial charge in [-0.05, 0) is 33.1 Å². The lowest BCUT2D eigenvalue weighted by Crippen LogP contribution is -2.50. The van der Waals surface area contributed by atoms with Crippen LogP contribution in [0.1, 0.15) is 48.5 Å². The number of carbonyl (C=O) groups is 1. The highest BCUT2D eigenvalue weighted by Crippen LogP contribution is 2.16. The molecule has 6 nitrogen and oxygen atoms in total. The molecule has 0 aliphatic rings. The fourth-order valence-electron chi connectivity index (χ4n) is 1.56. The number of hydrogen-bond acceptors (Lipinski definition) is 4. The van der Waals surface area contributed by atoms with Crippen LogP contribution in [0.25, 0.3) is 0 Å². The van der Waals surface area contributed by atoms with E-state index in [9.17, 15) is 4.79 Å². The van der Waals surface area contributed by atoms with E-state index in [1.807, 2.05) is 20.8 Å². The second-order valence-electron chi connectivity index (χ2n) is 7.50. The van der Waals surface area contributed by atoms with E-state index in [1.54, 1.807) is 38.8 Å². The fraction of sp³-hybridized carbons (Fsp3) is 0.625. The number of halogens is 1. The van der Waals surface area contributed by atoms with Crippen molar-refractivity contribution in [3.8, 4) is 0 Å². The molecule has 0 spiro atoms. The summed E-state index contributed by atoms with van der Waals surface area (Å²) in [5, 5.41) is 1.64. The second kappa shape index (κ2) is 8.24. The molecule has 0 heterocycles. The van der Waals surface area contributed by atoms with Gasteiger partial charge in [-0.15, -0.1) is 0 Å². The third kappa shape index (κ3) is 11.5. The molecule has 0 bridgehead atoms. The minimum Gasteiger partial charge on any atom is -0.443 e. The first-order valence-corrected chi connectivity index (χ1v) is 7.71. The SMILES string of the molecule is C=C(Cl)/N=C(\C=C(\C)N)N(CC(C)(C)C)NC(=O)OC(C)(C)C.